The van der Waals surface area contributed by atoms with Gasteiger partial charge in [0.1, 0.15) is 11.3 Å². The van der Waals surface area contributed by atoms with Crippen LogP contribution in [0.5, 0.6) is 5.75 Å². The van der Waals surface area contributed by atoms with Gasteiger partial charge in [-0.15, -0.1) is 11.6 Å². The Balaban J connectivity index is 2.71. The Morgan fingerprint density at radius 3 is 2.87 bits per heavy atom. The molecular formula is C12H12ClNO. The van der Waals surface area contributed by atoms with Crippen LogP contribution >= 0.6 is 11.6 Å². The summed E-state index contributed by atoms with van der Waals surface area (Å²) in [7, 11) is 1.64. The van der Waals surface area contributed by atoms with E-state index in [4.69, 9.17) is 16.3 Å². The zero-order valence-electron chi connectivity index (χ0n) is 8.70. The predicted octanol–water partition coefficient (Wildman–Crippen LogP) is 3.54. The van der Waals surface area contributed by atoms with E-state index < -0.39 is 0 Å². The zero-order valence-corrected chi connectivity index (χ0v) is 9.45. The van der Waals surface area contributed by atoms with Gasteiger partial charge in [0, 0.05) is 11.6 Å². The van der Waals surface area contributed by atoms with Crippen LogP contribution in [0.1, 0.15) is 17.9 Å². The molecular weight excluding hydrogens is 210 g/mol. The number of aromatic nitrogens is 1. The van der Waals surface area contributed by atoms with Crippen LogP contribution in [-0.4, -0.2) is 12.1 Å². The average molecular weight is 222 g/mol. The summed E-state index contributed by atoms with van der Waals surface area (Å²) in [5.41, 5.74) is 1.93. The minimum atomic E-state index is -0.0245. The van der Waals surface area contributed by atoms with Gasteiger partial charge in [0.05, 0.1) is 12.5 Å². The Hall–Kier alpha value is -1.28. The van der Waals surface area contributed by atoms with E-state index >= 15 is 0 Å². The minimum absolute atomic E-state index is 0.0245. The number of hydrogen-bond acceptors (Lipinski definition) is 2. The predicted molar refractivity (Wildman–Crippen MR) is 62.6 cm³/mol. The summed E-state index contributed by atoms with van der Waals surface area (Å²) >= 11 is 6.06. The number of halogens is 1. The number of rotatable bonds is 2. The van der Waals surface area contributed by atoms with Crippen LogP contribution < -0.4 is 4.74 Å². The highest BCUT2D eigenvalue weighted by molar-refractivity contribution is 6.20. The molecule has 1 aromatic carbocycles. The van der Waals surface area contributed by atoms with Gasteiger partial charge in [0.25, 0.3) is 0 Å². The number of nitrogens with zero attached hydrogens (tertiary/aromatic N) is 1. The lowest BCUT2D eigenvalue weighted by atomic mass is 10.1. The van der Waals surface area contributed by atoms with Crippen LogP contribution in [0, 0.1) is 0 Å². The van der Waals surface area contributed by atoms with E-state index in [2.05, 4.69) is 4.98 Å². The Bertz CT molecular complexity index is 482. The van der Waals surface area contributed by atoms with Crippen LogP contribution in [-0.2, 0) is 0 Å². The molecule has 1 atom stereocenters. The first-order valence-corrected chi connectivity index (χ1v) is 5.22. The van der Waals surface area contributed by atoms with Crippen LogP contribution in [0.4, 0.5) is 0 Å². The molecule has 78 valence electrons. The van der Waals surface area contributed by atoms with E-state index in [-0.39, 0.29) is 5.38 Å². The Labute approximate surface area is 93.8 Å². The summed E-state index contributed by atoms with van der Waals surface area (Å²) in [5, 5.41) is 1.03. The molecule has 0 saturated carbocycles. The highest BCUT2D eigenvalue weighted by Crippen LogP contribution is 2.30. The monoisotopic (exact) mass is 221 g/mol. The van der Waals surface area contributed by atoms with Gasteiger partial charge in [-0.1, -0.05) is 6.07 Å². The second-order valence-corrected chi connectivity index (χ2v) is 4.07. The molecule has 15 heavy (non-hydrogen) atoms. The van der Waals surface area contributed by atoms with Gasteiger partial charge < -0.3 is 4.74 Å². The first-order valence-electron chi connectivity index (χ1n) is 4.79. The molecule has 0 saturated heterocycles. The van der Waals surface area contributed by atoms with Gasteiger partial charge in [0.15, 0.2) is 0 Å². The molecule has 0 aliphatic heterocycles. The van der Waals surface area contributed by atoms with Crippen molar-refractivity contribution in [3.8, 4) is 5.75 Å². The van der Waals surface area contributed by atoms with Gasteiger partial charge in [-0.2, -0.15) is 0 Å². The van der Waals surface area contributed by atoms with E-state index in [1.54, 1.807) is 13.3 Å². The fourth-order valence-corrected chi connectivity index (χ4v) is 1.69. The lowest BCUT2D eigenvalue weighted by molar-refractivity contribution is 0.418. The van der Waals surface area contributed by atoms with Crippen molar-refractivity contribution in [2.45, 2.75) is 12.3 Å². The van der Waals surface area contributed by atoms with E-state index in [0.29, 0.717) is 0 Å². The lowest BCUT2D eigenvalue weighted by Gasteiger charge is -2.09. The molecule has 2 rings (SSSR count). The van der Waals surface area contributed by atoms with Crippen molar-refractivity contribution >= 4 is 22.5 Å². The van der Waals surface area contributed by atoms with Crippen LogP contribution in [0.25, 0.3) is 10.9 Å². The topological polar surface area (TPSA) is 22.1 Å². The van der Waals surface area contributed by atoms with Crippen molar-refractivity contribution in [3.05, 3.63) is 36.0 Å². The van der Waals surface area contributed by atoms with Crippen molar-refractivity contribution in [2.24, 2.45) is 0 Å². The summed E-state index contributed by atoms with van der Waals surface area (Å²) in [4.78, 5) is 4.28. The van der Waals surface area contributed by atoms with Crippen molar-refractivity contribution < 1.29 is 4.74 Å². The average Bonchev–Trinajstić information content (AvgIpc) is 2.27. The SMILES string of the molecule is COc1cc(C(C)Cl)cc2cccnc12. The van der Waals surface area contributed by atoms with Crippen LogP contribution in [0.2, 0.25) is 0 Å². The number of alkyl halides is 1. The maximum atomic E-state index is 6.06. The zero-order chi connectivity index (χ0) is 10.8. The molecule has 0 aliphatic carbocycles. The number of methoxy groups -OCH3 is 1. The summed E-state index contributed by atoms with van der Waals surface area (Å²) in [6, 6.07) is 7.90. The van der Waals surface area contributed by atoms with Crippen LogP contribution in [0.15, 0.2) is 30.5 Å². The minimum Gasteiger partial charge on any atom is -0.494 e. The first-order chi connectivity index (χ1) is 7.22. The molecule has 0 spiro atoms. The number of ether oxygens (including phenoxy) is 1. The van der Waals surface area contributed by atoms with Crippen LogP contribution in [0.3, 0.4) is 0 Å². The fourth-order valence-electron chi connectivity index (χ4n) is 1.57. The largest absolute Gasteiger partial charge is 0.494 e. The number of fused-ring (bicyclic) bond motifs is 1. The van der Waals surface area contributed by atoms with Gasteiger partial charge in [-0.3, -0.25) is 4.98 Å². The molecule has 0 radical (unpaired) electrons. The lowest BCUT2D eigenvalue weighted by Crippen LogP contribution is -1.91. The number of benzene rings is 1. The maximum absolute atomic E-state index is 6.06. The molecule has 1 aromatic heterocycles. The quantitative estimate of drug-likeness (QED) is 0.724. The number of pyridine rings is 1. The smallest absolute Gasteiger partial charge is 0.145 e. The molecule has 0 fully saturated rings. The third-order valence-corrected chi connectivity index (χ3v) is 2.62. The van der Waals surface area contributed by atoms with Crippen molar-refractivity contribution in [1.82, 2.24) is 4.98 Å². The molecule has 3 heteroatoms. The second kappa shape index (κ2) is 4.07. The fraction of sp³-hybridized carbons (Fsp3) is 0.250. The normalized spacial score (nSPS) is 12.7. The molecule has 0 amide bonds. The van der Waals surface area contributed by atoms with Gasteiger partial charge >= 0.3 is 0 Å². The van der Waals surface area contributed by atoms with E-state index in [0.717, 1.165) is 22.2 Å². The Morgan fingerprint density at radius 2 is 2.20 bits per heavy atom. The highest BCUT2D eigenvalue weighted by Gasteiger charge is 2.08. The Morgan fingerprint density at radius 1 is 1.40 bits per heavy atom. The van der Waals surface area contributed by atoms with Crippen molar-refractivity contribution in [3.63, 3.8) is 0 Å². The van der Waals surface area contributed by atoms with Gasteiger partial charge in [0.2, 0.25) is 0 Å². The summed E-state index contributed by atoms with van der Waals surface area (Å²) < 4.78 is 5.30. The number of hydrogen-bond donors (Lipinski definition) is 0. The molecule has 2 nitrogen and oxygen atoms in total. The highest BCUT2D eigenvalue weighted by atomic mass is 35.5. The third kappa shape index (κ3) is 1.90. The third-order valence-electron chi connectivity index (χ3n) is 2.37. The summed E-state index contributed by atoms with van der Waals surface area (Å²) in [6.45, 7) is 1.94. The molecule has 0 aliphatic rings. The summed E-state index contributed by atoms with van der Waals surface area (Å²) in [6.07, 6.45) is 1.76. The van der Waals surface area contributed by atoms with Gasteiger partial charge in [-0.25, -0.2) is 0 Å². The van der Waals surface area contributed by atoms with Gasteiger partial charge in [-0.05, 0) is 30.7 Å². The maximum Gasteiger partial charge on any atom is 0.145 e. The van der Waals surface area contributed by atoms with E-state index in [9.17, 15) is 0 Å². The molecule has 0 bridgehead atoms. The standard InChI is InChI=1S/C12H12ClNO/c1-8(13)10-6-9-4-3-5-14-12(9)11(7-10)15-2/h3-8H,1-2H3. The molecule has 1 unspecified atom stereocenters. The Kier molecular flexibility index (Phi) is 2.78. The van der Waals surface area contributed by atoms with E-state index in [1.165, 1.54) is 0 Å². The summed E-state index contributed by atoms with van der Waals surface area (Å²) in [5.74, 6) is 0.774. The molecule has 0 N–H and O–H groups in total. The van der Waals surface area contributed by atoms with E-state index in [1.807, 2.05) is 31.2 Å². The van der Waals surface area contributed by atoms with Crippen molar-refractivity contribution in [1.29, 1.82) is 0 Å². The van der Waals surface area contributed by atoms with Crippen molar-refractivity contribution in [2.75, 3.05) is 7.11 Å². The molecule has 2 aromatic rings. The second-order valence-electron chi connectivity index (χ2n) is 3.41. The first kappa shape index (κ1) is 10.2. The molecule has 1 heterocycles.